The Morgan fingerprint density at radius 1 is 1.05 bits per heavy atom. The zero-order chi connectivity index (χ0) is 30.5. The number of benzene rings is 1. The SMILES string of the molecule is COc1ccc2cc1OCC(=O)N[C@@H](C)C(=O)N(C)CCCCN(Cc1ccnc(C(C)C)n1)CCCNC(=O)CC2. The predicted molar refractivity (Wildman–Crippen MR) is 160 cm³/mol. The average molecular weight is 583 g/mol. The molecular weight excluding hydrogens is 536 g/mol. The van der Waals surface area contributed by atoms with E-state index in [1.807, 2.05) is 18.3 Å². The highest BCUT2D eigenvalue weighted by molar-refractivity contribution is 5.87. The molecule has 0 aliphatic carbocycles. The van der Waals surface area contributed by atoms with Gasteiger partial charge in [-0.15, -0.1) is 0 Å². The van der Waals surface area contributed by atoms with Crippen molar-refractivity contribution in [2.75, 3.05) is 46.9 Å². The number of nitrogens with one attached hydrogen (secondary N) is 2. The Labute approximate surface area is 249 Å². The van der Waals surface area contributed by atoms with Crippen molar-refractivity contribution in [3.05, 3.63) is 47.5 Å². The van der Waals surface area contributed by atoms with Crippen LogP contribution in [-0.4, -0.2) is 90.5 Å². The van der Waals surface area contributed by atoms with Crippen LogP contribution < -0.4 is 20.1 Å². The molecule has 42 heavy (non-hydrogen) atoms. The Balaban J connectivity index is 1.70. The van der Waals surface area contributed by atoms with Crippen molar-refractivity contribution in [2.45, 2.75) is 71.4 Å². The Morgan fingerprint density at radius 3 is 2.57 bits per heavy atom. The van der Waals surface area contributed by atoms with E-state index in [0.717, 1.165) is 49.4 Å². The number of carbonyl (C=O) groups is 3. The van der Waals surface area contributed by atoms with E-state index in [2.05, 4.69) is 34.4 Å². The average Bonchev–Trinajstić information content (AvgIpc) is 2.98. The minimum atomic E-state index is -0.680. The molecular formula is C31H46N6O5. The van der Waals surface area contributed by atoms with Crippen molar-refractivity contribution in [1.29, 1.82) is 0 Å². The summed E-state index contributed by atoms with van der Waals surface area (Å²) in [5.74, 6) is 1.41. The fraction of sp³-hybridized carbons (Fsp3) is 0.581. The molecule has 11 heteroatoms. The van der Waals surface area contributed by atoms with E-state index in [1.165, 1.54) is 7.11 Å². The maximum Gasteiger partial charge on any atom is 0.258 e. The Hall–Kier alpha value is -3.73. The Morgan fingerprint density at radius 2 is 1.81 bits per heavy atom. The number of nitrogens with zero attached hydrogens (tertiary/aromatic N) is 4. The summed E-state index contributed by atoms with van der Waals surface area (Å²) in [4.78, 5) is 51.1. The lowest BCUT2D eigenvalue weighted by atomic mass is 10.1. The molecule has 0 radical (unpaired) electrons. The molecule has 3 amide bonds. The molecule has 1 atom stereocenters. The normalized spacial score (nSPS) is 19.2. The molecule has 11 nitrogen and oxygen atoms in total. The molecule has 1 aliphatic rings. The van der Waals surface area contributed by atoms with Gasteiger partial charge in [0, 0.05) is 51.8 Å². The second-order valence-corrected chi connectivity index (χ2v) is 11.1. The quantitative estimate of drug-likeness (QED) is 0.564. The van der Waals surface area contributed by atoms with E-state index in [1.54, 1.807) is 31.0 Å². The van der Waals surface area contributed by atoms with Crippen LogP contribution in [0.25, 0.3) is 0 Å². The van der Waals surface area contributed by atoms with Crippen LogP contribution >= 0.6 is 0 Å². The van der Waals surface area contributed by atoms with Gasteiger partial charge in [0.05, 0.1) is 12.8 Å². The van der Waals surface area contributed by atoms with Gasteiger partial charge < -0.3 is 25.0 Å². The second-order valence-electron chi connectivity index (χ2n) is 11.1. The first-order valence-electron chi connectivity index (χ1n) is 14.8. The van der Waals surface area contributed by atoms with Crippen molar-refractivity contribution in [2.24, 2.45) is 0 Å². The molecule has 0 saturated heterocycles. The van der Waals surface area contributed by atoms with Crippen LogP contribution in [0.2, 0.25) is 0 Å². The molecule has 3 rings (SSSR count). The van der Waals surface area contributed by atoms with E-state index < -0.39 is 11.9 Å². The lowest BCUT2D eigenvalue weighted by molar-refractivity contribution is -0.135. The summed E-state index contributed by atoms with van der Waals surface area (Å²) >= 11 is 0. The minimum absolute atomic E-state index is 0.0135. The van der Waals surface area contributed by atoms with Gasteiger partial charge in [-0.25, -0.2) is 9.97 Å². The van der Waals surface area contributed by atoms with Crippen LogP contribution in [0.5, 0.6) is 11.5 Å². The third-order valence-electron chi connectivity index (χ3n) is 7.18. The van der Waals surface area contributed by atoms with Gasteiger partial charge in [0.1, 0.15) is 11.9 Å². The van der Waals surface area contributed by atoms with Crippen molar-refractivity contribution >= 4 is 17.7 Å². The monoisotopic (exact) mass is 582 g/mol. The maximum absolute atomic E-state index is 12.9. The van der Waals surface area contributed by atoms with Crippen LogP contribution in [0.3, 0.4) is 0 Å². The Bertz CT molecular complexity index is 1190. The standard InChI is InChI=1S/C31H46N6O5/c1-22(2)30-33-15-13-25(35-30)20-37-17-7-6-16-36(4)31(40)23(3)34-29(39)21-42-27-19-24(9-11-26(27)41-5)10-12-28(38)32-14-8-18-37/h9,11,13,15,19,22-23H,6-8,10,12,14,16-18,20-21H2,1-5H3,(H,32,38)(H,34,39)/t23-/m0/s1. The molecule has 0 spiro atoms. The third-order valence-corrected chi connectivity index (χ3v) is 7.18. The number of amides is 3. The van der Waals surface area contributed by atoms with Crippen LogP contribution in [-0.2, 0) is 27.3 Å². The number of methoxy groups -OCH3 is 1. The van der Waals surface area contributed by atoms with Crippen LogP contribution in [0.1, 0.15) is 69.5 Å². The zero-order valence-corrected chi connectivity index (χ0v) is 25.6. The number of hydrogen-bond acceptors (Lipinski definition) is 8. The van der Waals surface area contributed by atoms with Crippen LogP contribution in [0.15, 0.2) is 30.5 Å². The molecule has 0 fully saturated rings. The number of ether oxygens (including phenoxy) is 2. The van der Waals surface area contributed by atoms with Gasteiger partial charge in [-0.2, -0.15) is 0 Å². The first kappa shape index (κ1) is 32.8. The van der Waals surface area contributed by atoms with Crippen molar-refractivity contribution in [3.63, 3.8) is 0 Å². The minimum Gasteiger partial charge on any atom is -0.493 e. The molecule has 2 bridgehead atoms. The summed E-state index contributed by atoms with van der Waals surface area (Å²) in [7, 11) is 3.28. The van der Waals surface area contributed by atoms with Crippen molar-refractivity contribution in [1.82, 2.24) is 30.4 Å². The number of hydrogen-bond donors (Lipinski definition) is 2. The summed E-state index contributed by atoms with van der Waals surface area (Å²) in [6.45, 7) is 9.06. The largest absolute Gasteiger partial charge is 0.493 e. The Kier molecular flexibility index (Phi) is 13.0. The van der Waals surface area contributed by atoms with Gasteiger partial charge in [0.2, 0.25) is 11.8 Å². The van der Waals surface area contributed by atoms with Gasteiger partial charge in [-0.05, 0) is 62.9 Å². The van der Waals surface area contributed by atoms with E-state index in [-0.39, 0.29) is 24.3 Å². The molecule has 2 heterocycles. The number of fused-ring (bicyclic) bond motifs is 2. The van der Waals surface area contributed by atoms with E-state index in [9.17, 15) is 14.4 Å². The molecule has 0 unspecified atom stereocenters. The van der Waals surface area contributed by atoms with E-state index >= 15 is 0 Å². The number of rotatable bonds is 4. The lowest BCUT2D eigenvalue weighted by Gasteiger charge is -2.24. The molecule has 2 aromatic rings. The van der Waals surface area contributed by atoms with Crippen molar-refractivity contribution in [3.8, 4) is 11.5 Å². The summed E-state index contributed by atoms with van der Waals surface area (Å²) in [5.41, 5.74) is 1.87. The molecule has 2 N–H and O–H groups in total. The van der Waals surface area contributed by atoms with Gasteiger partial charge in [-0.1, -0.05) is 19.9 Å². The lowest BCUT2D eigenvalue weighted by Crippen LogP contribution is -2.47. The number of carbonyl (C=O) groups excluding carboxylic acids is 3. The molecule has 0 saturated carbocycles. The topological polar surface area (TPSA) is 126 Å². The molecule has 1 aliphatic heterocycles. The highest BCUT2D eigenvalue weighted by atomic mass is 16.5. The third kappa shape index (κ3) is 10.6. The van der Waals surface area contributed by atoms with Crippen LogP contribution in [0.4, 0.5) is 0 Å². The molecule has 230 valence electrons. The number of aryl methyl sites for hydroxylation is 1. The highest BCUT2D eigenvalue weighted by Gasteiger charge is 2.20. The first-order chi connectivity index (χ1) is 20.2. The van der Waals surface area contributed by atoms with E-state index in [4.69, 9.17) is 14.5 Å². The zero-order valence-electron chi connectivity index (χ0n) is 25.6. The van der Waals surface area contributed by atoms with Gasteiger partial charge in [0.25, 0.3) is 5.91 Å². The second kappa shape index (κ2) is 16.6. The smallest absolute Gasteiger partial charge is 0.258 e. The van der Waals surface area contributed by atoms with Gasteiger partial charge in [0.15, 0.2) is 18.1 Å². The fourth-order valence-corrected chi connectivity index (χ4v) is 4.76. The van der Waals surface area contributed by atoms with Gasteiger partial charge in [-0.3, -0.25) is 19.3 Å². The summed E-state index contributed by atoms with van der Waals surface area (Å²) in [5, 5.41) is 5.76. The summed E-state index contributed by atoms with van der Waals surface area (Å²) in [6, 6.07) is 6.69. The van der Waals surface area contributed by atoms with Crippen molar-refractivity contribution < 1.29 is 23.9 Å². The summed E-state index contributed by atoms with van der Waals surface area (Å²) in [6.07, 6.45) is 5.19. The summed E-state index contributed by atoms with van der Waals surface area (Å²) < 4.78 is 11.1. The molecule has 1 aromatic carbocycles. The van der Waals surface area contributed by atoms with Gasteiger partial charge >= 0.3 is 0 Å². The van der Waals surface area contributed by atoms with E-state index in [0.29, 0.717) is 44.0 Å². The van der Waals surface area contributed by atoms with Crippen LogP contribution in [0, 0.1) is 0 Å². The maximum atomic E-state index is 12.9. The first-order valence-corrected chi connectivity index (χ1v) is 14.8. The molecule has 1 aromatic heterocycles. The highest BCUT2D eigenvalue weighted by Crippen LogP contribution is 2.28. The fourth-order valence-electron chi connectivity index (χ4n) is 4.76. The number of aromatic nitrogens is 2. The number of likely N-dealkylation sites (N-methyl/N-ethyl adjacent to an activating group) is 1. The predicted octanol–water partition coefficient (Wildman–Crippen LogP) is 2.69.